The predicted octanol–water partition coefficient (Wildman–Crippen LogP) is 4.96. The first-order valence-electron chi connectivity index (χ1n) is 9.99. The molecule has 1 unspecified atom stereocenters. The van der Waals surface area contributed by atoms with Crippen LogP contribution in [0.1, 0.15) is 29.7 Å². The van der Waals surface area contributed by atoms with Gasteiger partial charge in [-0.25, -0.2) is 9.59 Å². The molecule has 0 N–H and O–H groups in total. The van der Waals surface area contributed by atoms with E-state index in [-0.39, 0.29) is 13.2 Å². The highest BCUT2D eigenvalue weighted by Gasteiger charge is 2.34. The molecule has 3 rings (SSSR count). The van der Waals surface area contributed by atoms with E-state index in [1.54, 1.807) is 31.2 Å². The zero-order chi connectivity index (χ0) is 21.9. The molecule has 0 radical (unpaired) electrons. The first-order chi connectivity index (χ1) is 15.2. The van der Waals surface area contributed by atoms with Gasteiger partial charge in [0, 0.05) is 0 Å². The van der Waals surface area contributed by atoms with E-state index in [4.69, 9.17) is 9.47 Å². The number of benzene rings is 3. The van der Waals surface area contributed by atoms with Gasteiger partial charge in [0.25, 0.3) is 0 Å². The summed E-state index contributed by atoms with van der Waals surface area (Å²) in [7, 11) is 0. The average Bonchev–Trinajstić information content (AvgIpc) is 2.82. The highest BCUT2D eigenvalue weighted by Crippen LogP contribution is 2.24. The normalized spacial score (nSPS) is 11.6. The Morgan fingerprint density at radius 2 is 1.45 bits per heavy atom. The van der Waals surface area contributed by atoms with Gasteiger partial charge >= 0.3 is 12.1 Å². The topological polar surface area (TPSA) is 68.2 Å². The van der Waals surface area contributed by atoms with Crippen LogP contribution in [0.3, 0.4) is 0 Å². The third kappa shape index (κ3) is 6.27. The van der Waals surface area contributed by atoms with E-state index in [2.05, 4.69) is 5.10 Å². The lowest BCUT2D eigenvalue weighted by Gasteiger charge is -2.25. The van der Waals surface area contributed by atoms with Crippen LogP contribution in [0.25, 0.3) is 0 Å². The Balaban J connectivity index is 1.92. The van der Waals surface area contributed by atoms with Crippen molar-refractivity contribution in [1.82, 2.24) is 5.01 Å². The van der Waals surface area contributed by atoms with Crippen molar-refractivity contribution < 1.29 is 19.1 Å². The van der Waals surface area contributed by atoms with Crippen molar-refractivity contribution in [2.24, 2.45) is 5.10 Å². The van der Waals surface area contributed by atoms with E-state index >= 15 is 0 Å². The van der Waals surface area contributed by atoms with E-state index in [0.29, 0.717) is 5.56 Å². The van der Waals surface area contributed by atoms with Crippen LogP contribution in [0.2, 0.25) is 0 Å². The van der Waals surface area contributed by atoms with Gasteiger partial charge in [-0.1, -0.05) is 91.0 Å². The maximum atomic E-state index is 13.0. The van der Waals surface area contributed by atoms with Crippen LogP contribution in [0, 0.1) is 0 Å². The molecule has 0 aromatic heterocycles. The largest absolute Gasteiger partial charge is 0.464 e. The van der Waals surface area contributed by atoms with E-state index in [1.165, 1.54) is 6.21 Å². The molecule has 0 aliphatic rings. The van der Waals surface area contributed by atoms with Gasteiger partial charge in [-0.15, -0.1) is 0 Å². The molecule has 1 amide bonds. The van der Waals surface area contributed by atoms with E-state index in [0.717, 1.165) is 16.1 Å². The fourth-order valence-corrected chi connectivity index (χ4v) is 2.91. The third-order valence-corrected chi connectivity index (χ3v) is 4.39. The van der Waals surface area contributed by atoms with E-state index in [9.17, 15) is 9.59 Å². The molecule has 3 aromatic rings. The van der Waals surface area contributed by atoms with Gasteiger partial charge in [0.2, 0.25) is 0 Å². The Labute approximate surface area is 181 Å². The second-order valence-electron chi connectivity index (χ2n) is 6.61. The first kappa shape index (κ1) is 21.8. The highest BCUT2D eigenvalue weighted by atomic mass is 16.6. The monoisotopic (exact) mass is 416 g/mol. The minimum absolute atomic E-state index is 0.0569. The van der Waals surface area contributed by atoms with Crippen molar-refractivity contribution >= 4 is 18.3 Å². The summed E-state index contributed by atoms with van der Waals surface area (Å²) in [6.45, 7) is 1.95. The minimum atomic E-state index is -1.08. The number of hydrogen-bond acceptors (Lipinski definition) is 5. The van der Waals surface area contributed by atoms with Crippen LogP contribution in [0.15, 0.2) is 96.1 Å². The first-order valence-corrected chi connectivity index (χ1v) is 9.99. The zero-order valence-corrected chi connectivity index (χ0v) is 17.3. The molecule has 0 bridgehead atoms. The third-order valence-electron chi connectivity index (χ3n) is 4.39. The van der Waals surface area contributed by atoms with Gasteiger partial charge in [-0.3, -0.25) is 0 Å². The van der Waals surface area contributed by atoms with Gasteiger partial charge in [0.1, 0.15) is 6.61 Å². The molecule has 6 heteroatoms. The molecule has 0 saturated heterocycles. The average molecular weight is 416 g/mol. The summed E-state index contributed by atoms with van der Waals surface area (Å²) < 4.78 is 10.7. The number of nitrogens with zero attached hydrogens (tertiary/aromatic N) is 2. The summed E-state index contributed by atoms with van der Waals surface area (Å²) in [5.41, 5.74) is 2.18. The summed E-state index contributed by atoms with van der Waals surface area (Å²) in [6.07, 6.45) is 0.761. The number of carbonyl (C=O) groups is 2. The number of hydrogen-bond donors (Lipinski definition) is 0. The fourth-order valence-electron chi connectivity index (χ4n) is 2.91. The van der Waals surface area contributed by atoms with Crippen LogP contribution < -0.4 is 0 Å². The second-order valence-corrected chi connectivity index (χ2v) is 6.61. The van der Waals surface area contributed by atoms with E-state index in [1.807, 2.05) is 66.7 Å². The smallest absolute Gasteiger partial charge is 0.431 e. The number of esters is 1. The Morgan fingerprint density at radius 1 is 0.871 bits per heavy atom. The van der Waals surface area contributed by atoms with Crippen molar-refractivity contribution in [2.45, 2.75) is 19.6 Å². The second kappa shape index (κ2) is 11.3. The number of carbonyl (C=O) groups excluding carboxylic acids is 2. The molecule has 0 heterocycles. The molecule has 0 aliphatic carbocycles. The lowest BCUT2D eigenvalue weighted by atomic mass is 10.1. The zero-order valence-electron chi connectivity index (χ0n) is 17.3. The van der Waals surface area contributed by atoms with Gasteiger partial charge in [-0.2, -0.15) is 10.1 Å². The van der Waals surface area contributed by atoms with Gasteiger partial charge in [-0.05, 0) is 23.6 Å². The molecule has 0 aliphatic heterocycles. The van der Waals surface area contributed by atoms with Gasteiger partial charge < -0.3 is 9.47 Å². The van der Waals surface area contributed by atoms with E-state index < -0.39 is 18.1 Å². The van der Waals surface area contributed by atoms with Crippen molar-refractivity contribution in [3.8, 4) is 0 Å². The number of ether oxygens (including phenoxy) is 2. The van der Waals surface area contributed by atoms with Gasteiger partial charge in [0.05, 0.1) is 12.8 Å². The van der Waals surface area contributed by atoms with Crippen LogP contribution in [-0.4, -0.2) is 29.9 Å². The standard InChI is InChI=1S/C25H24N2O4/c1-2-30-24(28)23(22-16-10-5-11-17-22)27(26-18-20-12-6-3-7-13-20)25(29)31-19-21-14-8-4-9-15-21/h3-18,23H,2,19H2,1H3/b26-18+. The van der Waals surface area contributed by atoms with Crippen LogP contribution >= 0.6 is 0 Å². The SMILES string of the molecule is CCOC(=O)C(c1ccccc1)N(/N=C/c1ccccc1)C(=O)OCc1ccccc1. The fraction of sp³-hybridized carbons (Fsp3) is 0.160. The number of hydrazone groups is 1. The molecule has 0 fully saturated rings. The van der Waals surface area contributed by atoms with Crippen LogP contribution in [0.5, 0.6) is 0 Å². The van der Waals surface area contributed by atoms with Crippen molar-refractivity contribution in [3.63, 3.8) is 0 Å². The minimum Gasteiger partial charge on any atom is -0.464 e. The summed E-state index contributed by atoms with van der Waals surface area (Å²) in [4.78, 5) is 25.9. The van der Waals surface area contributed by atoms with Crippen LogP contribution in [-0.2, 0) is 20.9 Å². The molecule has 0 saturated carbocycles. The summed E-state index contributed by atoms with van der Waals surface area (Å²) in [5.74, 6) is -0.587. The molecule has 3 aromatic carbocycles. The molecule has 6 nitrogen and oxygen atoms in total. The quantitative estimate of drug-likeness (QED) is 0.296. The van der Waals surface area contributed by atoms with Gasteiger partial charge in [0.15, 0.2) is 6.04 Å². The maximum absolute atomic E-state index is 13.0. The summed E-state index contributed by atoms with van der Waals surface area (Å²) in [5, 5.41) is 5.35. The molecule has 1 atom stereocenters. The van der Waals surface area contributed by atoms with Crippen molar-refractivity contribution in [2.75, 3.05) is 6.61 Å². The Hall–Kier alpha value is -3.93. The van der Waals surface area contributed by atoms with Crippen LogP contribution in [0.4, 0.5) is 4.79 Å². The lowest BCUT2D eigenvalue weighted by molar-refractivity contribution is -0.149. The molecule has 0 spiro atoms. The Morgan fingerprint density at radius 3 is 2.06 bits per heavy atom. The number of amides is 1. The Kier molecular flexibility index (Phi) is 7.94. The molecular weight excluding hydrogens is 392 g/mol. The predicted molar refractivity (Wildman–Crippen MR) is 118 cm³/mol. The highest BCUT2D eigenvalue weighted by molar-refractivity contribution is 5.85. The maximum Gasteiger partial charge on any atom is 0.431 e. The lowest BCUT2D eigenvalue weighted by Crippen LogP contribution is -2.36. The summed E-state index contributed by atoms with van der Waals surface area (Å²) >= 11 is 0. The Bertz CT molecular complexity index is 992. The number of rotatable bonds is 8. The van der Waals surface area contributed by atoms with Crippen molar-refractivity contribution in [3.05, 3.63) is 108 Å². The van der Waals surface area contributed by atoms with Crippen molar-refractivity contribution in [1.29, 1.82) is 0 Å². The molecular formula is C25H24N2O4. The summed E-state index contributed by atoms with van der Waals surface area (Å²) in [6, 6.07) is 26.4. The molecule has 158 valence electrons. The molecule has 31 heavy (non-hydrogen) atoms.